The summed E-state index contributed by atoms with van der Waals surface area (Å²) in [6.07, 6.45) is 1.47. The number of methoxy groups -OCH3 is 2. The molecule has 0 aromatic heterocycles. The van der Waals surface area contributed by atoms with Crippen molar-refractivity contribution < 1.29 is 14.3 Å². The van der Waals surface area contributed by atoms with Crippen molar-refractivity contribution in [2.24, 2.45) is 5.10 Å². The summed E-state index contributed by atoms with van der Waals surface area (Å²) in [5.41, 5.74) is 3.66. The number of hydrogen-bond acceptors (Lipinski definition) is 4. The van der Waals surface area contributed by atoms with Crippen molar-refractivity contribution in [1.29, 1.82) is 0 Å². The summed E-state index contributed by atoms with van der Waals surface area (Å²) in [5.74, 6) is 1.13. The summed E-state index contributed by atoms with van der Waals surface area (Å²) in [6.45, 7) is 0. The first-order valence-corrected chi connectivity index (χ1v) is 7.08. The van der Waals surface area contributed by atoms with Gasteiger partial charge in [-0.15, -0.1) is 0 Å². The molecular weight excluding hydrogens is 318 g/mol. The number of carbonyl (C=O) groups is 1. The van der Waals surface area contributed by atoms with E-state index in [0.717, 1.165) is 0 Å². The lowest BCUT2D eigenvalue weighted by Gasteiger charge is -2.09. The van der Waals surface area contributed by atoms with Crippen LogP contribution in [0.4, 0.5) is 10.5 Å². The Kier molecular flexibility index (Phi) is 5.82. The summed E-state index contributed by atoms with van der Waals surface area (Å²) < 4.78 is 10.5. The predicted molar refractivity (Wildman–Crippen MR) is 90.7 cm³/mol. The van der Waals surface area contributed by atoms with Gasteiger partial charge in [0.1, 0.15) is 0 Å². The molecule has 23 heavy (non-hydrogen) atoms. The molecule has 2 aromatic carbocycles. The zero-order chi connectivity index (χ0) is 16.7. The van der Waals surface area contributed by atoms with Gasteiger partial charge < -0.3 is 14.8 Å². The quantitative estimate of drug-likeness (QED) is 0.649. The number of hydrazone groups is 1. The monoisotopic (exact) mass is 333 g/mol. The standard InChI is InChI=1S/C16H16ClN3O3/c1-22-14-5-3-4-11(15(14)23-2)10-18-20-16(21)19-13-8-6-12(17)7-9-13/h3-10H,1-2H3,(H2,19,20,21)/b18-10-. The minimum atomic E-state index is -0.467. The highest BCUT2D eigenvalue weighted by Gasteiger charge is 2.07. The fourth-order valence-corrected chi connectivity index (χ4v) is 1.99. The second-order valence-corrected chi connectivity index (χ2v) is 4.85. The smallest absolute Gasteiger partial charge is 0.339 e. The fraction of sp³-hybridized carbons (Fsp3) is 0.125. The summed E-state index contributed by atoms with van der Waals surface area (Å²) in [6, 6.07) is 11.7. The number of urea groups is 1. The molecule has 0 unspecified atom stereocenters. The van der Waals surface area contributed by atoms with E-state index >= 15 is 0 Å². The van der Waals surface area contributed by atoms with Crippen LogP contribution in [0.3, 0.4) is 0 Å². The highest BCUT2D eigenvalue weighted by atomic mass is 35.5. The number of ether oxygens (including phenoxy) is 2. The first-order valence-electron chi connectivity index (χ1n) is 6.70. The second kappa shape index (κ2) is 8.05. The number of para-hydroxylation sites is 1. The highest BCUT2D eigenvalue weighted by molar-refractivity contribution is 6.30. The molecule has 0 aliphatic rings. The Labute approximate surface area is 139 Å². The molecule has 0 spiro atoms. The van der Waals surface area contributed by atoms with Crippen LogP contribution in [-0.4, -0.2) is 26.5 Å². The molecule has 7 heteroatoms. The number of benzene rings is 2. The summed E-state index contributed by atoms with van der Waals surface area (Å²) in [4.78, 5) is 11.7. The van der Waals surface area contributed by atoms with Crippen LogP contribution in [0.2, 0.25) is 5.02 Å². The molecule has 0 atom stereocenters. The van der Waals surface area contributed by atoms with Gasteiger partial charge in [-0.3, -0.25) is 0 Å². The molecule has 120 valence electrons. The normalized spacial score (nSPS) is 10.4. The number of anilines is 1. The Morgan fingerprint density at radius 2 is 1.87 bits per heavy atom. The van der Waals surface area contributed by atoms with E-state index in [0.29, 0.717) is 27.8 Å². The van der Waals surface area contributed by atoms with Crippen molar-refractivity contribution in [3.8, 4) is 11.5 Å². The molecule has 0 heterocycles. The lowest BCUT2D eigenvalue weighted by molar-refractivity contribution is 0.252. The van der Waals surface area contributed by atoms with Crippen LogP contribution in [0.1, 0.15) is 5.56 Å². The average Bonchev–Trinajstić information content (AvgIpc) is 2.56. The third-order valence-electron chi connectivity index (χ3n) is 2.91. The number of nitrogens with zero attached hydrogens (tertiary/aromatic N) is 1. The molecular formula is C16H16ClN3O3. The van der Waals surface area contributed by atoms with Crippen molar-refractivity contribution in [2.75, 3.05) is 19.5 Å². The number of halogens is 1. The SMILES string of the molecule is COc1cccc(/C=N\NC(=O)Nc2ccc(Cl)cc2)c1OC. The largest absolute Gasteiger partial charge is 0.493 e. The lowest BCUT2D eigenvalue weighted by atomic mass is 10.2. The highest BCUT2D eigenvalue weighted by Crippen LogP contribution is 2.29. The maximum atomic E-state index is 11.7. The van der Waals surface area contributed by atoms with Gasteiger partial charge in [-0.05, 0) is 36.4 Å². The maximum Gasteiger partial charge on any atom is 0.339 e. The molecule has 2 amide bonds. The van der Waals surface area contributed by atoms with Crippen LogP contribution in [0.25, 0.3) is 0 Å². The Morgan fingerprint density at radius 1 is 1.13 bits per heavy atom. The molecule has 0 aliphatic heterocycles. The minimum Gasteiger partial charge on any atom is -0.493 e. The third-order valence-corrected chi connectivity index (χ3v) is 3.16. The van der Waals surface area contributed by atoms with Crippen molar-refractivity contribution in [1.82, 2.24) is 5.43 Å². The van der Waals surface area contributed by atoms with Crippen molar-refractivity contribution >= 4 is 29.5 Å². The molecule has 0 bridgehead atoms. The van der Waals surface area contributed by atoms with Crippen LogP contribution in [-0.2, 0) is 0 Å². The van der Waals surface area contributed by atoms with Gasteiger partial charge in [0.05, 0.1) is 20.4 Å². The van der Waals surface area contributed by atoms with Gasteiger partial charge >= 0.3 is 6.03 Å². The molecule has 6 nitrogen and oxygen atoms in total. The first kappa shape index (κ1) is 16.6. The lowest BCUT2D eigenvalue weighted by Crippen LogP contribution is -2.24. The Hall–Kier alpha value is -2.73. The molecule has 2 N–H and O–H groups in total. The van der Waals surface area contributed by atoms with Gasteiger partial charge in [0.25, 0.3) is 0 Å². The van der Waals surface area contributed by atoms with Crippen LogP contribution < -0.4 is 20.2 Å². The summed E-state index contributed by atoms with van der Waals surface area (Å²) >= 11 is 5.78. The molecule has 0 saturated carbocycles. The van der Waals surface area contributed by atoms with Gasteiger partial charge in [0.2, 0.25) is 0 Å². The third kappa shape index (κ3) is 4.62. The van der Waals surface area contributed by atoms with E-state index in [1.165, 1.54) is 13.3 Å². The molecule has 0 radical (unpaired) electrons. The Morgan fingerprint density at radius 3 is 2.52 bits per heavy atom. The van der Waals surface area contributed by atoms with E-state index in [1.807, 2.05) is 0 Å². The summed E-state index contributed by atoms with van der Waals surface area (Å²) in [5, 5.41) is 7.12. The summed E-state index contributed by atoms with van der Waals surface area (Å²) in [7, 11) is 3.09. The second-order valence-electron chi connectivity index (χ2n) is 4.41. The number of nitrogens with one attached hydrogen (secondary N) is 2. The predicted octanol–water partition coefficient (Wildman–Crippen LogP) is 3.51. The minimum absolute atomic E-state index is 0.467. The van der Waals surface area contributed by atoms with Crippen LogP contribution >= 0.6 is 11.6 Å². The van der Waals surface area contributed by atoms with E-state index in [4.69, 9.17) is 21.1 Å². The van der Waals surface area contributed by atoms with Crippen LogP contribution in [0.15, 0.2) is 47.6 Å². The number of rotatable bonds is 5. The van der Waals surface area contributed by atoms with Crippen molar-refractivity contribution in [3.05, 3.63) is 53.1 Å². The number of amides is 2. The van der Waals surface area contributed by atoms with Gasteiger partial charge in [-0.25, -0.2) is 10.2 Å². The van der Waals surface area contributed by atoms with Gasteiger partial charge in [0.15, 0.2) is 11.5 Å². The molecule has 2 aromatic rings. The zero-order valence-electron chi connectivity index (χ0n) is 12.7. The maximum absolute atomic E-state index is 11.7. The van der Waals surface area contributed by atoms with Crippen LogP contribution in [0, 0.1) is 0 Å². The zero-order valence-corrected chi connectivity index (χ0v) is 13.4. The molecule has 0 saturated heterocycles. The topological polar surface area (TPSA) is 72.0 Å². The van der Waals surface area contributed by atoms with Crippen molar-refractivity contribution in [2.45, 2.75) is 0 Å². The Balaban J connectivity index is 1.98. The van der Waals surface area contributed by atoms with E-state index in [9.17, 15) is 4.79 Å². The van der Waals surface area contributed by atoms with E-state index < -0.39 is 6.03 Å². The van der Waals surface area contributed by atoms with Gasteiger partial charge in [0, 0.05) is 16.3 Å². The van der Waals surface area contributed by atoms with Gasteiger partial charge in [-0.1, -0.05) is 17.7 Å². The first-order chi connectivity index (χ1) is 11.1. The molecule has 0 aliphatic carbocycles. The van der Waals surface area contributed by atoms with Gasteiger partial charge in [-0.2, -0.15) is 5.10 Å². The van der Waals surface area contributed by atoms with Crippen molar-refractivity contribution in [3.63, 3.8) is 0 Å². The fourth-order valence-electron chi connectivity index (χ4n) is 1.87. The Bertz CT molecular complexity index is 702. The number of hydrogen-bond donors (Lipinski definition) is 2. The van der Waals surface area contributed by atoms with E-state index in [2.05, 4.69) is 15.8 Å². The number of carbonyl (C=O) groups excluding carboxylic acids is 1. The molecule has 2 rings (SSSR count). The van der Waals surface area contributed by atoms with E-state index in [1.54, 1.807) is 49.6 Å². The van der Waals surface area contributed by atoms with Crippen LogP contribution in [0.5, 0.6) is 11.5 Å². The average molecular weight is 334 g/mol. The van der Waals surface area contributed by atoms with E-state index in [-0.39, 0.29) is 0 Å². The molecule has 0 fully saturated rings.